The molecule has 5 heteroatoms. The lowest BCUT2D eigenvalue weighted by Gasteiger charge is -2.20. The van der Waals surface area contributed by atoms with E-state index in [4.69, 9.17) is 10.5 Å². The summed E-state index contributed by atoms with van der Waals surface area (Å²) in [5.74, 6) is 0. The van der Waals surface area contributed by atoms with Crippen LogP contribution < -0.4 is 11.1 Å². The summed E-state index contributed by atoms with van der Waals surface area (Å²) < 4.78 is 5.18. The molecular formula is C13H20N2O2S. The third kappa shape index (κ3) is 4.23. The number of hydrogen-bond donors (Lipinski definition) is 3. The van der Waals surface area contributed by atoms with Crippen LogP contribution >= 0.6 is 12.6 Å². The molecule has 0 saturated heterocycles. The Hall–Kier alpha value is -1.20. The van der Waals surface area contributed by atoms with E-state index in [0.29, 0.717) is 12.2 Å². The highest BCUT2D eigenvalue weighted by Crippen LogP contribution is 2.23. The van der Waals surface area contributed by atoms with Crippen molar-refractivity contribution >= 4 is 24.4 Å². The van der Waals surface area contributed by atoms with Crippen LogP contribution in [0.4, 0.5) is 10.5 Å². The Morgan fingerprint density at radius 1 is 1.44 bits per heavy atom. The van der Waals surface area contributed by atoms with Crippen molar-refractivity contribution < 1.29 is 9.53 Å². The van der Waals surface area contributed by atoms with Crippen LogP contribution in [0.15, 0.2) is 17.0 Å². The van der Waals surface area contributed by atoms with E-state index in [2.05, 4.69) is 17.9 Å². The van der Waals surface area contributed by atoms with Crippen LogP contribution in [0.5, 0.6) is 0 Å². The third-order valence-corrected chi connectivity index (χ3v) is 2.82. The van der Waals surface area contributed by atoms with Crippen molar-refractivity contribution in [3.8, 4) is 0 Å². The number of carbonyl (C=O) groups is 1. The number of hydrogen-bond acceptors (Lipinski definition) is 4. The first-order valence-electron chi connectivity index (χ1n) is 5.75. The third-order valence-electron chi connectivity index (χ3n) is 2.35. The van der Waals surface area contributed by atoms with E-state index >= 15 is 0 Å². The van der Waals surface area contributed by atoms with E-state index in [1.165, 1.54) is 0 Å². The highest BCUT2D eigenvalue weighted by Gasteiger charge is 2.16. The van der Waals surface area contributed by atoms with Gasteiger partial charge in [0.25, 0.3) is 0 Å². The smallest absolute Gasteiger partial charge is 0.412 e. The molecule has 0 aliphatic rings. The molecule has 1 aromatic rings. The molecule has 0 fully saturated rings. The van der Waals surface area contributed by atoms with Gasteiger partial charge in [0, 0.05) is 17.1 Å². The highest BCUT2D eigenvalue weighted by atomic mass is 32.1. The molecule has 0 atom stereocenters. The number of nitrogens with two attached hydrogens (primary N) is 1. The van der Waals surface area contributed by atoms with Crippen LogP contribution in [-0.2, 0) is 11.3 Å². The lowest BCUT2D eigenvalue weighted by atomic mass is 10.1. The minimum Gasteiger partial charge on any atom is -0.444 e. The number of ether oxygens (including phenoxy) is 1. The Balaban J connectivity index is 2.86. The predicted molar refractivity (Wildman–Crippen MR) is 76.2 cm³/mol. The summed E-state index contributed by atoms with van der Waals surface area (Å²) in [6.45, 7) is 7.80. The van der Waals surface area contributed by atoms with E-state index in [-0.39, 0.29) is 0 Å². The Kier molecular flexibility index (Phi) is 4.65. The van der Waals surface area contributed by atoms with Crippen LogP contribution in [0.3, 0.4) is 0 Å². The van der Waals surface area contributed by atoms with Gasteiger partial charge in [0.15, 0.2) is 0 Å². The maximum absolute atomic E-state index is 11.6. The van der Waals surface area contributed by atoms with Crippen molar-refractivity contribution in [1.29, 1.82) is 0 Å². The maximum Gasteiger partial charge on any atom is 0.412 e. The van der Waals surface area contributed by atoms with Crippen LogP contribution in [0.1, 0.15) is 31.9 Å². The molecule has 1 amide bonds. The number of amides is 1. The number of rotatable bonds is 2. The fourth-order valence-electron chi connectivity index (χ4n) is 1.46. The molecule has 0 aliphatic carbocycles. The number of carbonyl (C=O) groups excluding carboxylic acids is 1. The minimum absolute atomic E-state index is 0.406. The molecule has 18 heavy (non-hydrogen) atoms. The topological polar surface area (TPSA) is 64.3 Å². The second-order valence-electron chi connectivity index (χ2n) is 5.11. The van der Waals surface area contributed by atoms with Crippen LogP contribution in [0.2, 0.25) is 0 Å². The van der Waals surface area contributed by atoms with Gasteiger partial charge in [-0.2, -0.15) is 0 Å². The van der Waals surface area contributed by atoms with Gasteiger partial charge in [-0.25, -0.2) is 4.79 Å². The Labute approximate surface area is 113 Å². The summed E-state index contributed by atoms with van der Waals surface area (Å²) in [4.78, 5) is 12.4. The van der Waals surface area contributed by atoms with Crippen molar-refractivity contribution in [2.75, 3.05) is 5.32 Å². The van der Waals surface area contributed by atoms with Crippen LogP contribution in [0, 0.1) is 6.92 Å². The van der Waals surface area contributed by atoms with Gasteiger partial charge in [-0.05, 0) is 51.0 Å². The molecule has 3 N–H and O–H groups in total. The second-order valence-corrected chi connectivity index (χ2v) is 5.59. The van der Waals surface area contributed by atoms with Crippen molar-refractivity contribution in [2.24, 2.45) is 5.73 Å². The van der Waals surface area contributed by atoms with Gasteiger partial charge >= 0.3 is 6.09 Å². The lowest BCUT2D eigenvalue weighted by Crippen LogP contribution is -2.27. The molecule has 0 heterocycles. The van der Waals surface area contributed by atoms with Crippen molar-refractivity contribution in [2.45, 2.75) is 44.7 Å². The van der Waals surface area contributed by atoms with Gasteiger partial charge in [-0.1, -0.05) is 0 Å². The maximum atomic E-state index is 11.6. The van der Waals surface area contributed by atoms with E-state index < -0.39 is 11.7 Å². The summed E-state index contributed by atoms with van der Waals surface area (Å²) in [6.07, 6.45) is -0.484. The van der Waals surface area contributed by atoms with Gasteiger partial charge in [-0.15, -0.1) is 12.6 Å². The zero-order valence-corrected chi connectivity index (χ0v) is 12.1. The molecule has 4 nitrogen and oxygen atoms in total. The molecule has 1 rings (SSSR count). The van der Waals surface area contributed by atoms with Crippen molar-refractivity contribution in [3.63, 3.8) is 0 Å². The zero-order chi connectivity index (χ0) is 13.9. The fourth-order valence-corrected chi connectivity index (χ4v) is 1.75. The number of anilines is 1. The quantitative estimate of drug-likeness (QED) is 0.722. The van der Waals surface area contributed by atoms with E-state index in [1.807, 2.05) is 33.8 Å². The molecule has 0 aliphatic heterocycles. The normalized spacial score (nSPS) is 11.2. The molecule has 0 unspecified atom stereocenters. The minimum atomic E-state index is -0.519. The Morgan fingerprint density at radius 3 is 2.56 bits per heavy atom. The van der Waals surface area contributed by atoms with Crippen LogP contribution in [0.25, 0.3) is 0 Å². The first-order chi connectivity index (χ1) is 8.23. The van der Waals surface area contributed by atoms with Gasteiger partial charge in [0.05, 0.1) is 0 Å². The average Bonchev–Trinajstić information content (AvgIpc) is 2.20. The summed E-state index contributed by atoms with van der Waals surface area (Å²) in [5.41, 5.74) is 7.74. The van der Waals surface area contributed by atoms with E-state index in [0.717, 1.165) is 16.0 Å². The lowest BCUT2D eigenvalue weighted by molar-refractivity contribution is 0.0636. The standard InChI is InChI=1S/C13H20N2O2S/c1-8-9(7-14)5-10(6-11(8)18)15-12(16)17-13(2,3)4/h5-6,18H,7,14H2,1-4H3,(H,15,16). The van der Waals surface area contributed by atoms with Gasteiger partial charge in [0.1, 0.15) is 5.60 Å². The Bertz CT molecular complexity index is 453. The van der Waals surface area contributed by atoms with E-state index in [9.17, 15) is 4.79 Å². The highest BCUT2D eigenvalue weighted by molar-refractivity contribution is 7.80. The zero-order valence-electron chi connectivity index (χ0n) is 11.2. The summed E-state index contributed by atoms with van der Waals surface area (Å²) in [6, 6.07) is 3.61. The van der Waals surface area contributed by atoms with Crippen LogP contribution in [-0.4, -0.2) is 11.7 Å². The summed E-state index contributed by atoms with van der Waals surface area (Å²) in [5, 5.41) is 2.68. The molecule has 100 valence electrons. The Morgan fingerprint density at radius 2 is 2.06 bits per heavy atom. The monoisotopic (exact) mass is 268 g/mol. The molecule has 1 aromatic carbocycles. The molecule has 0 aromatic heterocycles. The first-order valence-corrected chi connectivity index (χ1v) is 6.20. The second kappa shape index (κ2) is 5.63. The predicted octanol–water partition coefficient (Wildman–Crippen LogP) is 3.09. The van der Waals surface area contributed by atoms with E-state index in [1.54, 1.807) is 6.07 Å². The number of benzene rings is 1. The molecule has 0 saturated carbocycles. The first kappa shape index (κ1) is 14.9. The number of thiol groups is 1. The summed E-state index contributed by atoms with van der Waals surface area (Å²) >= 11 is 4.35. The van der Waals surface area contributed by atoms with Gasteiger partial charge in [-0.3, -0.25) is 5.32 Å². The molecule has 0 radical (unpaired) electrons. The SMILES string of the molecule is Cc1c(S)cc(NC(=O)OC(C)(C)C)cc1CN. The fraction of sp³-hybridized carbons (Fsp3) is 0.462. The average molecular weight is 268 g/mol. The van der Waals surface area contributed by atoms with Crippen molar-refractivity contribution in [1.82, 2.24) is 0 Å². The van der Waals surface area contributed by atoms with Gasteiger partial charge in [0.2, 0.25) is 0 Å². The van der Waals surface area contributed by atoms with Gasteiger partial charge < -0.3 is 10.5 Å². The molecule has 0 bridgehead atoms. The largest absolute Gasteiger partial charge is 0.444 e. The molecule has 0 spiro atoms. The molecular weight excluding hydrogens is 248 g/mol. The number of nitrogens with one attached hydrogen (secondary N) is 1. The van der Waals surface area contributed by atoms with Crippen molar-refractivity contribution in [3.05, 3.63) is 23.3 Å². The summed E-state index contributed by atoms with van der Waals surface area (Å²) in [7, 11) is 0.